The van der Waals surface area contributed by atoms with E-state index in [-0.39, 0.29) is 5.78 Å². The highest BCUT2D eigenvalue weighted by Crippen LogP contribution is 2.23. The van der Waals surface area contributed by atoms with Crippen molar-refractivity contribution in [1.29, 1.82) is 0 Å². The summed E-state index contributed by atoms with van der Waals surface area (Å²) in [6.07, 6.45) is 0. The molecule has 0 aliphatic heterocycles. The van der Waals surface area contributed by atoms with Crippen LogP contribution in [0.15, 0.2) is 30.3 Å². The van der Waals surface area contributed by atoms with Crippen molar-refractivity contribution in [2.24, 2.45) is 0 Å². The number of ketones is 1. The molecule has 0 bridgehead atoms. The number of halogens is 1. The lowest BCUT2D eigenvalue weighted by Crippen LogP contribution is -2.08. The molecule has 0 saturated heterocycles. The summed E-state index contributed by atoms with van der Waals surface area (Å²) in [5.74, 6) is 0.131. The fraction of sp³-hybridized carbons (Fsp3) is 0.235. The topological polar surface area (TPSA) is 17.1 Å². The van der Waals surface area contributed by atoms with Gasteiger partial charge in [0.25, 0.3) is 0 Å². The maximum absolute atomic E-state index is 12.8. The van der Waals surface area contributed by atoms with Gasteiger partial charge >= 0.3 is 0 Å². The molecular formula is C17H17IO. The zero-order valence-corrected chi connectivity index (χ0v) is 13.8. The van der Waals surface area contributed by atoms with Gasteiger partial charge in [0.1, 0.15) is 0 Å². The first kappa shape index (κ1) is 14.3. The lowest BCUT2D eigenvalue weighted by atomic mass is 9.91. The van der Waals surface area contributed by atoms with Crippen LogP contribution in [0, 0.1) is 31.3 Å². The molecule has 2 aromatic rings. The minimum Gasteiger partial charge on any atom is -0.289 e. The van der Waals surface area contributed by atoms with E-state index in [9.17, 15) is 4.79 Å². The van der Waals surface area contributed by atoms with Crippen molar-refractivity contribution >= 4 is 28.4 Å². The molecule has 0 atom stereocenters. The van der Waals surface area contributed by atoms with Gasteiger partial charge in [0.2, 0.25) is 0 Å². The highest BCUT2D eigenvalue weighted by atomic mass is 127. The Morgan fingerprint density at radius 3 is 2.05 bits per heavy atom. The molecule has 0 saturated carbocycles. The number of rotatable bonds is 2. The fourth-order valence-electron chi connectivity index (χ4n) is 2.51. The number of carbonyl (C=O) groups is 1. The van der Waals surface area contributed by atoms with E-state index >= 15 is 0 Å². The molecule has 98 valence electrons. The van der Waals surface area contributed by atoms with Crippen molar-refractivity contribution in [1.82, 2.24) is 0 Å². The molecule has 2 rings (SSSR count). The van der Waals surface area contributed by atoms with Gasteiger partial charge < -0.3 is 0 Å². The third-order valence-corrected chi connectivity index (χ3v) is 4.02. The second kappa shape index (κ2) is 5.45. The fourth-order valence-corrected chi connectivity index (χ4v) is 3.00. The first-order valence-corrected chi connectivity index (χ1v) is 7.36. The lowest BCUT2D eigenvalue weighted by molar-refractivity contribution is 0.103. The largest absolute Gasteiger partial charge is 0.289 e. The van der Waals surface area contributed by atoms with Gasteiger partial charge in [-0.1, -0.05) is 23.8 Å². The molecule has 0 aromatic heterocycles. The molecule has 0 spiro atoms. The lowest BCUT2D eigenvalue weighted by Gasteiger charge is -2.12. The Morgan fingerprint density at radius 1 is 0.895 bits per heavy atom. The third kappa shape index (κ3) is 2.89. The van der Waals surface area contributed by atoms with Crippen LogP contribution in [-0.4, -0.2) is 5.78 Å². The Bertz CT molecular complexity index is 633. The summed E-state index contributed by atoms with van der Waals surface area (Å²) in [7, 11) is 0. The highest BCUT2D eigenvalue weighted by molar-refractivity contribution is 14.1. The molecule has 0 fully saturated rings. The summed E-state index contributed by atoms with van der Waals surface area (Å²) >= 11 is 2.25. The zero-order chi connectivity index (χ0) is 14.2. The maximum Gasteiger partial charge on any atom is 0.193 e. The molecule has 0 N–H and O–H groups in total. The van der Waals surface area contributed by atoms with Crippen LogP contribution >= 0.6 is 22.6 Å². The Kier molecular flexibility index (Phi) is 4.09. The number of hydrogen-bond acceptors (Lipinski definition) is 1. The molecule has 0 amide bonds. The molecule has 19 heavy (non-hydrogen) atoms. The standard InChI is InChI=1S/C17H17IO/c1-10-7-12(3)16(13(4)8-10)17(19)15-9-14(18)6-5-11(15)2/h5-9H,1-4H3. The SMILES string of the molecule is Cc1cc(C)c(C(=O)c2cc(I)ccc2C)c(C)c1. The van der Waals surface area contributed by atoms with Gasteiger partial charge in [0.15, 0.2) is 5.78 Å². The quantitative estimate of drug-likeness (QED) is 0.555. The van der Waals surface area contributed by atoms with Gasteiger partial charge in [0, 0.05) is 14.7 Å². The predicted molar refractivity (Wildman–Crippen MR) is 88.0 cm³/mol. The second-order valence-corrected chi connectivity index (χ2v) is 6.31. The van der Waals surface area contributed by atoms with Crippen LogP contribution in [-0.2, 0) is 0 Å². The van der Waals surface area contributed by atoms with Gasteiger partial charge in [-0.3, -0.25) is 4.79 Å². The summed E-state index contributed by atoms with van der Waals surface area (Å²) in [6, 6.07) is 10.2. The summed E-state index contributed by atoms with van der Waals surface area (Å²) in [4.78, 5) is 12.8. The molecule has 1 nitrogen and oxygen atoms in total. The first-order chi connectivity index (χ1) is 8.90. The summed E-state index contributed by atoms with van der Waals surface area (Å²) < 4.78 is 1.09. The average Bonchev–Trinajstić information content (AvgIpc) is 2.30. The minimum absolute atomic E-state index is 0.131. The van der Waals surface area contributed by atoms with Crippen LogP contribution in [0.1, 0.15) is 38.2 Å². The van der Waals surface area contributed by atoms with Crippen LogP contribution < -0.4 is 0 Å². The number of benzene rings is 2. The van der Waals surface area contributed by atoms with Crippen LogP contribution in [0.5, 0.6) is 0 Å². The van der Waals surface area contributed by atoms with E-state index in [1.54, 1.807) is 0 Å². The minimum atomic E-state index is 0.131. The number of hydrogen-bond donors (Lipinski definition) is 0. The van der Waals surface area contributed by atoms with Crippen LogP contribution in [0.25, 0.3) is 0 Å². The summed E-state index contributed by atoms with van der Waals surface area (Å²) in [5.41, 5.74) is 6.00. The van der Waals surface area contributed by atoms with E-state index in [1.165, 1.54) is 5.56 Å². The molecule has 0 aliphatic carbocycles. The molecular weight excluding hydrogens is 347 g/mol. The summed E-state index contributed by atoms with van der Waals surface area (Å²) in [5, 5.41) is 0. The Hall–Kier alpha value is -1.16. The molecule has 2 heteroatoms. The van der Waals surface area contributed by atoms with Crippen LogP contribution in [0.3, 0.4) is 0 Å². The van der Waals surface area contributed by atoms with Crippen molar-refractivity contribution in [3.05, 3.63) is 67.3 Å². The molecule has 2 aromatic carbocycles. The van der Waals surface area contributed by atoms with Gasteiger partial charge in [-0.05, 0) is 79.1 Å². The zero-order valence-electron chi connectivity index (χ0n) is 11.7. The van der Waals surface area contributed by atoms with Gasteiger partial charge in [0.05, 0.1) is 0 Å². The van der Waals surface area contributed by atoms with Gasteiger partial charge in [-0.2, -0.15) is 0 Å². The monoisotopic (exact) mass is 364 g/mol. The number of carbonyl (C=O) groups excluding carboxylic acids is 1. The van der Waals surface area contributed by atoms with E-state index in [1.807, 2.05) is 39.0 Å². The molecule has 0 radical (unpaired) electrons. The smallest absolute Gasteiger partial charge is 0.193 e. The van der Waals surface area contributed by atoms with E-state index in [0.717, 1.165) is 31.4 Å². The van der Waals surface area contributed by atoms with E-state index in [4.69, 9.17) is 0 Å². The highest BCUT2D eigenvalue weighted by Gasteiger charge is 2.17. The van der Waals surface area contributed by atoms with Crippen molar-refractivity contribution in [2.45, 2.75) is 27.7 Å². The van der Waals surface area contributed by atoms with E-state index < -0.39 is 0 Å². The Balaban J connectivity index is 2.59. The Morgan fingerprint density at radius 2 is 1.47 bits per heavy atom. The average molecular weight is 364 g/mol. The molecule has 0 unspecified atom stereocenters. The maximum atomic E-state index is 12.8. The third-order valence-electron chi connectivity index (χ3n) is 3.35. The van der Waals surface area contributed by atoms with Crippen LogP contribution in [0.4, 0.5) is 0 Å². The van der Waals surface area contributed by atoms with E-state index in [0.29, 0.717) is 0 Å². The summed E-state index contributed by atoms with van der Waals surface area (Å²) in [6.45, 7) is 8.07. The van der Waals surface area contributed by atoms with E-state index in [2.05, 4.69) is 41.6 Å². The normalized spacial score (nSPS) is 10.6. The molecule has 0 heterocycles. The van der Waals surface area contributed by atoms with Crippen molar-refractivity contribution in [3.63, 3.8) is 0 Å². The van der Waals surface area contributed by atoms with Crippen LogP contribution in [0.2, 0.25) is 0 Å². The Labute approximate surface area is 128 Å². The van der Waals surface area contributed by atoms with Crippen molar-refractivity contribution in [3.8, 4) is 0 Å². The predicted octanol–water partition coefficient (Wildman–Crippen LogP) is 4.76. The van der Waals surface area contributed by atoms with Gasteiger partial charge in [-0.25, -0.2) is 0 Å². The van der Waals surface area contributed by atoms with Crippen molar-refractivity contribution in [2.75, 3.05) is 0 Å². The first-order valence-electron chi connectivity index (χ1n) is 6.29. The second-order valence-electron chi connectivity index (χ2n) is 5.06. The molecule has 0 aliphatic rings. The van der Waals surface area contributed by atoms with Crippen molar-refractivity contribution < 1.29 is 4.79 Å². The number of aryl methyl sites for hydroxylation is 4. The van der Waals surface area contributed by atoms with Gasteiger partial charge in [-0.15, -0.1) is 0 Å².